The van der Waals surface area contributed by atoms with Gasteiger partial charge in [-0.25, -0.2) is 4.79 Å². The summed E-state index contributed by atoms with van der Waals surface area (Å²) in [7, 11) is 0. The highest BCUT2D eigenvalue weighted by Gasteiger charge is 2.46. The van der Waals surface area contributed by atoms with E-state index in [9.17, 15) is 24.3 Å². The minimum Gasteiger partial charge on any atom is -0.444 e. The van der Waals surface area contributed by atoms with Gasteiger partial charge in [0.25, 0.3) is 5.91 Å². The number of nitrogens with zero attached hydrogens (tertiary/aromatic N) is 1. The molecular formula is C29H50N4O7. The number of alkyl carbamates (subject to hydrolysis) is 1. The van der Waals surface area contributed by atoms with Crippen molar-refractivity contribution in [2.45, 2.75) is 109 Å². The molecule has 11 nitrogen and oxygen atoms in total. The van der Waals surface area contributed by atoms with Gasteiger partial charge in [-0.05, 0) is 51.9 Å². The zero-order chi connectivity index (χ0) is 29.9. The van der Waals surface area contributed by atoms with Crippen molar-refractivity contribution >= 4 is 23.8 Å². The first-order valence-corrected chi connectivity index (χ1v) is 14.6. The summed E-state index contributed by atoms with van der Waals surface area (Å²) in [6.07, 6.45) is 4.58. The molecule has 5 atom stereocenters. The Morgan fingerprint density at radius 2 is 1.85 bits per heavy atom. The molecule has 0 bridgehead atoms. The molecule has 2 aliphatic rings. The summed E-state index contributed by atoms with van der Waals surface area (Å²) in [4.78, 5) is 54.3. The molecular weight excluding hydrogens is 516 g/mol. The minimum atomic E-state index is -1.44. The van der Waals surface area contributed by atoms with E-state index in [0.717, 1.165) is 32.1 Å². The molecule has 0 aromatic heterocycles. The van der Waals surface area contributed by atoms with E-state index in [0.29, 0.717) is 26.0 Å². The minimum absolute atomic E-state index is 0.0416. The third-order valence-corrected chi connectivity index (χ3v) is 7.33. The van der Waals surface area contributed by atoms with Crippen LogP contribution in [0.3, 0.4) is 0 Å². The first-order valence-electron chi connectivity index (χ1n) is 14.6. The van der Waals surface area contributed by atoms with Crippen LogP contribution in [-0.4, -0.2) is 90.0 Å². The molecule has 4 N–H and O–H groups in total. The number of aliphatic hydroxyl groups is 1. The summed E-state index contributed by atoms with van der Waals surface area (Å²) in [6, 6.07) is -2.67. The van der Waals surface area contributed by atoms with E-state index >= 15 is 0 Å². The molecule has 40 heavy (non-hydrogen) atoms. The number of amides is 4. The van der Waals surface area contributed by atoms with Crippen molar-refractivity contribution in [2.24, 2.45) is 11.8 Å². The Morgan fingerprint density at radius 3 is 2.50 bits per heavy atom. The maximum absolute atomic E-state index is 13.8. The fourth-order valence-electron chi connectivity index (χ4n) is 5.26. The summed E-state index contributed by atoms with van der Waals surface area (Å²) >= 11 is 0. The molecule has 0 saturated carbocycles. The van der Waals surface area contributed by atoms with Crippen LogP contribution >= 0.6 is 0 Å². The Balaban J connectivity index is 2.36. The number of ether oxygens (including phenoxy) is 2. The zero-order valence-corrected chi connectivity index (χ0v) is 24.9. The normalized spacial score (nSPS) is 26.4. The van der Waals surface area contributed by atoms with Gasteiger partial charge in [0.1, 0.15) is 17.7 Å². The first-order chi connectivity index (χ1) is 18.9. The first kappa shape index (κ1) is 33.5. The van der Waals surface area contributed by atoms with Crippen LogP contribution in [0.5, 0.6) is 0 Å². The second-order valence-electron chi connectivity index (χ2n) is 12.1. The Labute approximate surface area is 238 Å². The summed E-state index contributed by atoms with van der Waals surface area (Å²) in [5.41, 5.74) is -0.751. The molecule has 4 amide bonds. The van der Waals surface area contributed by atoms with Gasteiger partial charge in [0, 0.05) is 19.7 Å². The van der Waals surface area contributed by atoms with E-state index in [2.05, 4.69) is 22.5 Å². The average molecular weight is 567 g/mol. The fraction of sp³-hybridized carbons (Fsp3) is 0.793. The lowest BCUT2D eigenvalue weighted by atomic mass is 9.87. The SMILES string of the molecule is C=CCNC(=O)C(O)[C@@H]1CCCCCCCOC[C@H](NC(=O)OC(C)(C)C)C(=O)N2CC[C@H](C(C)C)[C@H]2C(=O)N1. The molecule has 2 rings (SSSR count). The maximum Gasteiger partial charge on any atom is 0.408 e. The lowest BCUT2D eigenvalue weighted by Gasteiger charge is -2.34. The summed E-state index contributed by atoms with van der Waals surface area (Å²) in [5.74, 6) is -1.49. The van der Waals surface area contributed by atoms with Crippen LogP contribution in [0.25, 0.3) is 0 Å². The highest BCUT2D eigenvalue weighted by Crippen LogP contribution is 2.32. The van der Waals surface area contributed by atoms with Crippen molar-refractivity contribution in [1.29, 1.82) is 0 Å². The lowest BCUT2D eigenvalue weighted by molar-refractivity contribution is -0.143. The Bertz CT molecular complexity index is 873. The predicted octanol–water partition coefficient (Wildman–Crippen LogP) is 2.27. The Kier molecular flexibility index (Phi) is 13.4. The smallest absolute Gasteiger partial charge is 0.408 e. The van der Waals surface area contributed by atoms with E-state index in [1.165, 1.54) is 11.0 Å². The molecule has 228 valence electrons. The number of hydrogen-bond donors (Lipinski definition) is 4. The monoisotopic (exact) mass is 566 g/mol. The molecule has 0 radical (unpaired) electrons. The van der Waals surface area contributed by atoms with Gasteiger partial charge in [0.15, 0.2) is 6.10 Å². The molecule has 0 spiro atoms. The van der Waals surface area contributed by atoms with E-state index < -0.39 is 53.6 Å². The van der Waals surface area contributed by atoms with Gasteiger partial charge in [-0.1, -0.05) is 45.6 Å². The third kappa shape index (κ3) is 10.4. The van der Waals surface area contributed by atoms with Crippen LogP contribution in [0.15, 0.2) is 12.7 Å². The fourth-order valence-corrected chi connectivity index (χ4v) is 5.26. The number of aliphatic hydroxyl groups excluding tert-OH is 1. The summed E-state index contributed by atoms with van der Waals surface area (Å²) in [6.45, 7) is 13.7. The highest BCUT2D eigenvalue weighted by molar-refractivity contribution is 5.93. The number of carbonyl (C=O) groups excluding carboxylic acids is 4. The van der Waals surface area contributed by atoms with Crippen molar-refractivity contribution in [3.8, 4) is 0 Å². The van der Waals surface area contributed by atoms with Crippen LogP contribution < -0.4 is 16.0 Å². The maximum atomic E-state index is 13.8. The molecule has 0 aliphatic carbocycles. The number of carbonyl (C=O) groups is 4. The van der Waals surface area contributed by atoms with Gasteiger partial charge in [0.05, 0.1) is 12.6 Å². The van der Waals surface area contributed by atoms with E-state index in [1.807, 2.05) is 13.8 Å². The van der Waals surface area contributed by atoms with Crippen molar-refractivity contribution in [2.75, 3.05) is 26.3 Å². The zero-order valence-electron chi connectivity index (χ0n) is 24.9. The third-order valence-electron chi connectivity index (χ3n) is 7.33. The number of nitrogens with one attached hydrogen (secondary N) is 3. The van der Waals surface area contributed by atoms with Gasteiger partial charge in [-0.2, -0.15) is 0 Å². The van der Waals surface area contributed by atoms with Gasteiger partial charge in [-0.15, -0.1) is 6.58 Å². The second kappa shape index (κ2) is 16.0. The lowest BCUT2D eigenvalue weighted by Crippen LogP contribution is -2.59. The van der Waals surface area contributed by atoms with Crippen LogP contribution in [0.2, 0.25) is 0 Å². The van der Waals surface area contributed by atoms with Gasteiger partial charge in [0.2, 0.25) is 11.8 Å². The average Bonchev–Trinajstić information content (AvgIpc) is 3.32. The Hall–Kier alpha value is -2.66. The molecule has 2 aliphatic heterocycles. The van der Waals surface area contributed by atoms with E-state index in [1.54, 1.807) is 20.8 Å². The van der Waals surface area contributed by atoms with E-state index in [-0.39, 0.29) is 25.0 Å². The van der Waals surface area contributed by atoms with Crippen LogP contribution in [0, 0.1) is 11.8 Å². The molecule has 2 fully saturated rings. The van der Waals surface area contributed by atoms with E-state index in [4.69, 9.17) is 9.47 Å². The van der Waals surface area contributed by atoms with Crippen LogP contribution in [-0.2, 0) is 23.9 Å². The van der Waals surface area contributed by atoms with Crippen molar-refractivity contribution in [3.05, 3.63) is 12.7 Å². The van der Waals surface area contributed by atoms with Crippen LogP contribution in [0.1, 0.15) is 79.6 Å². The quantitative estimate of drug-likeness (QED) is 0.361. The van der Waals surface area contributed by atoms with Crippen molar-refractivity contribution in [1.82, 2.24) is 20.9 Å². The standard InChI is InChI=1S/C29H50N4O7/c1-7-15-30-26(36)24(34)21-13-11-9-8-10-12-17-39-18-22(32-28(38)40-29(4,5)6)27(37)33-16-14-20(19(2)3)23(33)25(35)31-21/h7,19-24,34H,1,8-18H2,2-6H3,(H,30,36)(H,31,35)(H,32,38)/t20-,21+,22+,23+,24?/m1/s1. The van der Waals surface area contributed by atoms with Gasteiger partial charge < -0.3 is 35.4 Å². The summed E-state index contributed by atoms with van der Waals surface area (Å²) in [5, 5.41) is 19.0. The molecule has 2 saturated heterocycles. The van der Waals surface area contributed by atoms with Crippen LogP contribution in [0.4, 0.5) is 4.79 Å². The van der Waals surface area contributed by atoms with Crippen molar-refractivity contribution in [3.63, 3.8) is 0 Å². The topological polar surface area (TPSA) is 146 Å². The van der Waals surface area contributed by atoms with Gasteiger partial charge >= 0.3 is 6.09 Å². The molecule has 1 unspecified atom stereocenters. The molecule has 0 aromatic carbocycles. The molecule has 0 aromatic rings. The molecule has 11 heteroatoms. The Morgan fingerprint density at radius 1 is 1.18 bits per heavy atom. The highest BCUT2D eigenvalue weighted by atomic mass is 16.6. The summed E-state index contributed by atoms with van der Waals surface area (Å²) < 4.78 is 11.2. The molecule has 2 heterocycles. The number of rotatable bonds is 6. The predicted molar refractivity (Wildman–Crippen MR) is 151 cm³/mol. The number of fused-ring (bicyclic) bond motifs is 1. The number of hydrogen-bond acceptors (Lipinski definition) is 7. The second-order valence-corrected chi connectivity index (χ2v) is 12.1. The largest absolute Gasteiger partial charge is 0.444 e. The van der Waals surface area contributed by atoms with Crippen molar-refractivity contribution < 1.29 is 33.8 Å². The van der Waals surface area contributed by atoms with Gasteiger partial charge in [-0.3, -0.25) is 14.4 Å².